The van der Waals surface area contributed by atoms with Crippen molar-refractivity contribution in [2.75, 3.05) is 13.7 Å². The van der Waals surface area contributed by atoms with Crippen LogP contribution < -0.4 is 4.74 Å². The van der Waals surface area contributed by atoms with Crippen molar-refractivity contribution >= 4 is 10.9 Å². The zero-order valence-corrected chi connectivity index (χ0v) is 8.43. The van der Waals surface area contributed by atoms with Gasteiger partial charge in [0.25, 0.3) is 0 Å². The smallest absolute Gasteiger partial charge is 0.119 e. The van der Waals surface area contributed by atoms with Gasteiger partial charge in [0.05, 0.1) is 19.2 Å². The van der Waals surface area contributed by atoms with Gasteiger partial charge in [-0.3, -0.25) is 4.98 Å². The Labute approximate surface area is 87.6 Å². The average Bonchev–Trinajstić information content (AvgIpc) is 3.11. The van der Waals surface area contributed by atoms with Crippen LogP contribution in [0.2, 0.25) is 0 Å². The molecule has 2 heterocycles. The number of hydrogen-bond donors (Lipinski definition) is 0. The highest BCUT2D eigenvalue weighted by Gasteiger charge is 2.26. The minimum atomic E-state index is 0.252. The molecule has 0 N–H and O–H groups in total. The Morgan fingerprint density at radius 3 is 3.00 bits per heavy atom. The van der Waals surface area contributed by atoms with Crippen LogP contribution in [0.25, 0.3) is 10.9 Å². The standard InChI is InChI=1S/C12H11NO2/c1-14-8-2-3-11-10(6-8)9(4-5-13-11)12-7-15-12/h2-6,12H,7H2,1H3/t12-/m1/s1. The molecule has 0 radical (unpaired) electrons. The Kier molecular flexibility index (Phi) is 1.86. The third kappa shape index (κ3) is 1.45. The topological polar surface area (TPSA) is 34.6 Å². The molecule has 1 aromatic carbocycles. The van der Waals surface area contributed by atoms with Crippen LogP contribution in [0.4, 0.5) is 0 Å². The summed E-state index contributed by atoms with van der Waals surface area (Å²) in [6, 6.07) is 7.92. The molecule has 3 heteroatoms. The average molecular weight is 201 g/mol. The van der Waals surface area contributed by atoms with E-state index in [1.165, 1.54) is 5.56 Å². The fourth-order valence-corrected chi connectivity index (χ4v) is 1.78. The van der Waals surface area contributed by atoms with Gasteiger partial charge in [0.1, 0.15) is 11.9 Å². The number of rotatable bonds is 2. The van der Waals surface area contributed by atoms with Crippen molar-refractivity contribution in [2.45, 2.75) is 6.10 Å². The summed E-state index contributed by atoms with van der Waals surface area (Å²) >= 11 is 0. The monoisotopic (exact) mass is 201 g/mol. The fraction of sp³-hybridized carbons (Fsp3) is 0.250. The molecule has 2 aromatic rings. The van der Waals surface area contributed by atoms with Gasteiger partial charge in [-0.2, -0.15) is 0 Å². The quantitative estimate of drug-likeness (QED) is 0.699. The van der Waals surface area contributed by atoms with E-state index in [0.717, 1.165) is 23.3 Å². The van der Waals surface area contributed by atoms with Gasteiger partial charge in [0, 0.05) is 11.6 Å². The van der Waals surface area contributed by atoms with E-state index >= 15 is 0 Å². The third-order valence-corrected chi connectivity index (χ3v) is 2.66. The second kappa shape index (κ2) is 3.21. The molecule has 3 nitrogen and oxygen atoms in total. The molecule has 1 fully saturated rings. The van der Waals surface area contributed by atoms with Crippen LogP contribution in [-0.4, -0.2) is 18.7 Å². The molecule has 76 valence electrons. The second-order valence-corrected chi connectivity index (χ2v) is 3.61. The van der Waals surface area contributed by atoms with E-state index in [1.807, 2.05) is 30.5 Å². The van der Waals surface area contributed by atoms with Gasteiger partial charge in [-0.15, -0.1) is 0 Å². The third-order valence-electron chi connectivity index (χ3n) is 2.66. The van der Waals surface area contributed by atoms with Crippen molar-refractivity contribution in [1.82, 2.24) is 4.98 Å². The van der Waals surface area contributed by atoms with E-state index in [1.54, 1.807) is 7.11 Å². The van der Waals surface area contributed by atoms with Crippen LogP contribution in [0.5, 0.6) is 5.75 Å². The summed E-state index contributed by atoms with van der Waals surface area (Å²) in [7, 11) is 1.67. The number of epoxide rings is 1. The molecule has 0 amide bonds. The summed E-state index contributed by atoms with van der Waals surface area (Å²) in [5.41, 5.74) is 2.20. The van der Waals surface area contributed by atoms with Gasteiger partial charge in [-0.05, 0) is 29.8 Å². The Morgan fingerprint density at radius 2 is 2.27 bits per heavy atom. The number of benzene rings is 1. The number of nitrogens with zero attached hydrogens (tertiary/aromatic N) is 1. The maximum atomic E-state index is 5.31. The summed E-state index contributed by atoms with van der Waals surface area (Å²) in [6.45, 7) is 0.816. The lowest BCUT2D eigenvalue weighted by Crippen LogP contribution is -1.89. The molecule has 3 rings (SSSR count). The van der Waals surface area contributed by atoms with Crippen molar-refractivity contribution < 1.29 is 9.47 Å². The summed E-state index contributed by atoms with van der Waals surface area (Å²) in [5.74, 6) is 0.859. The Balaban J connectivity index is 2.25. The van der Waals surface area contributed by atoms with Gasteiger partial charge in [-0.1, -0.05) is 0 Å². The predicted octanol–water partition coefficient (Wildman–Crippen LogP) is 2.31. The molecule has 1 saturated heterocycles. The summed E-state index contributed by atoms with van der Waals surface area (Å²) in [5, 5.41) is 1.12. The van der Waals surface area contributed by atoms with Gasteiger partial charge in [0.15, 0.2) is 0 Å². The highest BCUT2D eigenvalue weighted by Crippen LogP contribution is 2.35. The van der Waals surface area contributed by atoms with Crippen molar-refractivity contribution in [3.63, 3.8) is 0 Å². The van der Waals surface area contributed by atoms with E-state index < -0.39 is 0 Å². The largest absolute Gasteiger partial charge is 0.497 e. The highest BCUT2D eigenvalue weighted by atomic mass is 16.6. The first-order valence-electron chi connectivity index (χ1n) is 4.93. The van der Waals surface area contributed by atoms with Crippen LogP contribution in [-0.2, 0) is 4.74 Å². The number of ether oxygens (including phenoxy) is 2. The molecule has 1 atom stereocenters. The van der Waals surface area contributed by atoms with E-state index in [9.17, 15) is 0 Å². The van der Waals surface area contributed by atoms with Gasteiger partial charge < -0.3 is 9.47 Å². The lowest BCUT2D eigenvalue weighted by atomic mass is 10.1. The molecule has 15 heavy (non-hydrogen) atoms. The summed E-state index contributed by atoms with van der Waals surface area (Å²) < 4.78 is 10.5. The van der Waals surface area contributed by atoms with Crippen LogP contribution in [0.15, 0.2) is 30.5 Å². The molecule has 0 aliphatic carbocycles. The van der Waals surface area contributed by atoms with E-state index in [-0.39, 0.29) is 6.10 Å². The lowest BCUT2D eigenvalue weighted by Gasteiger charge is -2.05. The van der Waals surface area contributed by atoms with Crippen LogP contribution in [0.1, 0.15) is 11.7 Å². The molecule has 0 bridgehead atoms. The molecule has 1 aromatic heterocycles. The Hall–Kier alpha value is -1.61. The van der Waals surface area contributed by atoms with Crippen molar-refractivity contribution in [2.24, 2.45) is 0 Å². The van der Waals surface area contributed by atoms with Gasteiger partial charge in [-0.25, -0.2) is 0 Å². The summed E-state index contributed by atoms with van der Waals surface area (Å²) in [4.78, 5) is 4.32. The maximum absolute atomic E-state index is 5.31. The van der Waals surface area contributed by atoms with Crippen LogP contribution in [0.3, 0.4) is 0 Å². The van der Waals surface area contributed by atoms with Crippen molar-refractivity contribution in [3.05, 3.63) is 36.0 Å². The maximum Gasteiger partial charge on any atom is 0.119 e. The number of fused-ring (bicyclic) bond motifs is 1. The summed E-state index contributed by atoms with van der Waals surface area (Å²) in [6.07, 6.45) is 2.08. The molecule has 1 aliphatic heterocycles. The molecular weight excluding hydrogens is 190 g/mol. The number of hydrogen-bond acceptors (Lipinski definition) is 3. The predicted molar refractivity (Wildman–Crippen MR) is 57.0 cm³/mol. The lowest BCUT2D eigenvalue weighted by molar-refractivity contribution is 0.413. The molecular formula is C12H11NO2. The van der Waals surface area contributed by atoms with Crippen molar-refractivity contribution in [1.29, 1.82) is 0 Å². The first-order chi connectivity index (χ1) is 7.38. The van der Waals surface area contributed by atoms with E-state index in [4.69, 9.17) is 9.47 Å². The minimum absolute atomic E-state index is 0.252. The molecule has 0 saturated carbocycles. The zero-order valence-electron chi connectivity index (χ0n) is 8.43. The Morgan fingerprint density at radius 1 is 1.40 bits per heavy atom. The first-order valence-corrected chi connectivity index (χ1v) is 4.93. The van der Waals surface area contributed by atoms with Crippen LogP contribution >= 0.6 is 0 Å². The van der Waals surface area contributed by atoms with Gasteiger partial charge >= 0.3 is 0 Å². The first kappa shape index (κ1) is 8.68. The fourth-order valence-electron chi connectivity index (χ4n) is 1.78. The Bertz CT molecular complexity index is 506. The molecule has 0 spiro atoms. The van der Waals surface area contributed by atoms with Crippen molar-refractivity contribution in [3.8, 4) is 5.75 Å². The number of pyridine rings is 1. The zero-order chi connectivity index (χ0) is 10.3. The highest BCUT2D eigenvalue weighted by molar-refractivity contribution is 5.84. The number of aromatic nitrogens is 1. The molecule has 0 unspecified atom stereocenters. The SMILES string of the molecule is COc1ccc2nccc([C@H]3CO3)c2c1. The van der Waals surface area contributed by atoms with E-state index in [0.29, 0.717) is 0 Å². The van der Waals surface area contributed by atoms with Gasteiger partial charge in [0.2, 0.25) is 0 Å². The minimum Gasteiger partial charge on any atom is -0.497 e. The number of methoxy groups -OCH3 is 1. The molecule has 1 aliphatic rings. The van der Waals surface area contributed by atoms with Crippen LogP contribution in [0, 0.1) is 0 Å². The normalized spacial score (nSPS) is 19.1. The second-order valence-electron chi connectivity index (χ2n) is 3.61. The van der Waals surface area contributed by atoms with E-state index in [2.05, 4.69) is 4.98 Å².